The van der Waals surface area contributed by atoms with E-state index in [9.17, 15) is 10.2 Å². The van der Waals surface area contributed by atoms with Crippen molar-refractivity contribution >= 4 is 0 Å². The standard InChI is InChI=1S/C26H31NO3/c1-3-27(4-2)19-20-30-24-18-12-11-17-23(24)26(29,22-15-9-6-10-16-22)25(28)21-13-7-5-8-14-21/h5-18,25,28-29H,3-4,19-20H2,1-2H3. The average molecular weight is 406 g/mol. The van der Waals surface area contributed by atoms with E-state index in [-0.39, 0.29) is 0 Å². The van der Waals surface area contributed by atoms with Gasteiger partial charge in [0.05, 0.1) is 0 Å². The minimum Gasteiger partial charge on any atom is -0.492 e. The number of hydrogen-bond acceptors (Lipinski definition) is 4. The predicted octanol–water partition coefficient (Wildman–Crippen LogP) is 4.38. The summed E-state index contributed by atoms with van der Waals surface area (Å²) >= 11 is 0. The highest BCUT2D eigenvalue weighted by molar-refractivity contribution is 5.47. The molecule has 0 aromatic heterocycles. The molecule has 0 amide bonds. The van der Waals surface area contributed by atoms with E-state index >= 15 is 0 Å². The third-order valence-corrected chi connectivity index (χ3v) is 5.58. The number of likely N-dealkylation sites (N-methyl/N-ethyl adjacent to an activating group) is 1. The number of hydrogen-bond donors (Lipinski definition) is 2. The van der Waals surface area contributed by atoms with Gasteiger partial charge in [0.1, 0.15) is 24.1 Å². The van der Waals surface area contributed by atoms with Gasteiger partial charge in [-0.3, -0.25) is 0 Å². The van der Waals surface area contributed by atoms with Gasteiger partial charge in [-0.1, -0.05) is 92.7 Å². The van der Waals surface area contributed by atoms with E-state index in [2.05, 4.69) is 18.7 Å². The van der Waals surface area contributed by atoms with Crippen molar-refractivity contribution in [2.75, 3.05) is 26.2 Å². The van der Waals surface area contributed by atoms with E-state index in [1.165, 1.54) is 0 Å². The van der Waals surface area contributed by atoms with Crippen LogP contribution >= 0.6 is 0 Å². The lowest BCUT2D eigenvalue weighted by Gasteiger charge is -2.35. The van der Waals surface area contributed by atoms with Crippen molar-refractivity contribution < 1.29 is 14.9 Å². The molecule has 2 unspecified atom stereocenters. The van der Waals surface area contributed by atoms with Crippen molar-refractivity contribution in [3.05, 3.63) is 102 Å². The molecular formula is C26H31NO3. The van der Waals surface area contributed by atoms with Crippen LogP contribution in [0.5, 0.6) is 5.75 Å². The zero-order valence-electron chi connectivity index (χ0n) is 17.7. The van der Waals surface area contributed by atoms with Crippen LogP contribution < -0.4 is 4.74 Å². The molecule has 3 aromatic rings. The van der Waals surface area contributed by atoms with Gasteiger partial charge < -0.3 is 19.8 Å². The lowest BCUT2D eigenvalue weighted by molar-refractivity contribution is -0.0533. The van der Waals surface area contributed by atoms with Crippen molar-refractivity contribution in [2.45, 2.75) is 25.6 Å². The average Bonchev–Trinajstić information content (AvgIpc) is 2.82. The third-order valence-electron chi connectivity index (χ3n) is 5.58. The highest BCUT2D eigenvalue weighted by Gasteiger charge is 2.42. The van der Waals surface area contributed by atoms with Crippen LogP contribution in [0.3, 0.4) is 0 Å². The molecule has 3 aromatic carbocycles. The Morgan fingerprint density at radius 1 is 0.833 bits per heavy atom. The fraction of sp³-hybridized carbons (Fsp3) is 0.308. The molecule has 0 heterocycles. The van der Waals surface area contributed by atoms with Crippen molar-refractivity contribution in [1.82, 2.24) is 4.90 Å². The second-order valence-corrected chi connectivity index (χ2v) is 7.32. The molecule has 4 nitrogen and oxygen atoms in total. The Morgan fingerprint density at radius 2 is 1.40 bits per heavy atom. The summed E-state index contributed by atoms with van der Waals surface area (Å²) in [5.41, 5.74) is 0.143. The Morgan fingerprint density at radius 3 is 2.03 bits per heavy atom. The lowest BCUT2D eigenvalue weighted by atomic mass is 9.78. The van der Waals surface area contributed by atoms with Crippen LogP contribution in [0, 0.1) is 0 Å². The molecule has 0 spiro atoms. The summed E-state index contributed by atoms with van der Waals surface area (Å²) in [6.07, 6.45) is -1.16. The van der Waals surface area contributed by atoms with Crippen LogP contribution in [0.25, 0.3) is 0 Å². The highest BCUT2D eigenvalue weighted by atomic mass is 16.5. The summed E-state index contributed by atoms with van der Waals surface area (Å²) in [7, 11) is 0. The van der Waals surface area contributed by atoms with E-state index in [4.69, 9.17) is 4.74 Å². The molecular weight excluding hydrogens is 374 g/mol. The number of ether oxygens (including phenoxy) is 1. The van der Waals surface area contributed by atoms with E-state index in [0.29, 0.717) is 29.0 Å². The van der Waals surface area contributed by atoms with Crippen LogP contribution in [-0.2, 0) is 5.60 Å². The maximum atomic E-state index is 12.0. The summed E-state index contributed by atoms with van der Waals surface area (Å²) in [6.45, 7) is 7.48. The number of rotatable bonds is 10. The molecule has 0 bridgehead atoms. The first kappa shape index (κ1) is 22.0. The molecule has 3 rings (SSSR count). The summed E-state index contributed by atoms with van der Waals surface area (Å²) in [6, 6.07) is 26.0. The summed E-state index contributed by atoms with van der Waals surface area (Å²) in [5, 5.41) is 23.4. The number of aliphatic hydroxyl groups is 2. The zero-order chi connectivity index (χ0) is 21.4. The lowest BCUT2D eigenvalue weighted by Crippen LogP contribution is -2.36. The fourth-order valence-corrected chi connectivity index (χ4v) is 3.76. The van der Waals surface area contributed by atoms with E-state index in [1.54, 1.807) is 0 Å². The Labute approximate surface area is 179 Å². The molecule has 0 aliphatic rings. The van der Waals surface area contributed by atoms with E-state index in [1.807, 2.05) is 84.9 Å². The number of nitrogens with zero attached hydrogens (tertiary/aromatic N) is 1. The molecule has 2 N–H and O–H groups in total. The molecule has 0 saturated heterocycles. The van der Waals surface area contributed by atoms with Crippen LogP contribution in [0.4, 0.5) is 0 Å². The number of para-hydroxylation sites is 1. The monoisotopic (exact) mass is 405 g/mol. The van der Waals surface area contributed by atoms with Crippen molar-refractivity contribution in [1.29, 1.82) is 0 Å². The molecule has 2 atom stereocenters. The minimum atomic E-state index is -1.66. The van der Waals surface area contributed by atoms with Gasteiger partial charge in [0.25, 0.3) is 0 Å². The third kappa shape index (κ3) is 4.73. The summed E-state index contributed by atoms with van der Waals surface area (Å²) in [4.78, 5) is 2.28. The van der Waals surface area contributed by atoms with E-state index < -0.39 is 11.7 Å². The van der Waals surface area contributed by atoms with Gasteiger partial charge >= 0.3 is 0 Å². The molecule has 30 heavy (non-hydrogen) atoms. The fourth-order valence-electron chi connectivity index (χ4n) is 3.76. The normalized spacial score (nSPS) is 14.3. The van der Waals surface area contributed by atoms with Crippen LogP contribution in [0.15, 0.2) is 84.9 Å². The Balaban J connectivity index is 2.01. The molecule has 0 aliphatic heterocycles. The molecule has 0 fully saturated rings. The topological polar surface area (TPSA) is 52.9 Å². The highest BCUT2D eigenvalue weighted by Crippen LogP contribution is 2.44. The quantitative estimate of drug-likeness (QED) is 0.526. The first-order chi connectivity index (χ1) is 14.6. The molecule has 0 saturated carbocycles. The Kier molecular flexibility index (Phi) is 7.63. The smallest absolute Gasteiger partial charge is 0.148 e. The zero-order valence-corrected chi connectivity index (χ0v) is 17.7. The first-order valence-electron chi connectivity index (χ1n) is 10.6. The molecule has 158 valence electrons. The maximum Gasteiger partial charge on any atom is 0.148 e. The van der Waals surface area contributed by atoms with Gasteiger partial charge in [0.15, 0.2) is 0 Å². The largest absolute Gasteiger partial charge is 0.492 e. The van der Waals surface area contributed by atoms with Crippen LogP contribution in [0.2, 0.25) is 0 Å². The number of benzene rings is 3. The Bertz CT molecular complexity index is 896. The molecule has 0 radical (unpaired) electrons. The first-order valence-corrected chi connectivity index (χ1v) is 10.6. The summed E-state index contributed by atoms with van der Waals surface area (Å²) in [5.74, 6) is 0.575. The van der Waals surface area contributed by atoms with Crippen molar-refractivity contribution in [3.63, 3.8) is 0 Å². The van der Waals surface area contributed by atoms with Crippen LogP contribution in [0.1, 0.15) is 36.6 Å². The maximum absolute atomic E-state index is 12.0. The molecule has 0 aliphatic carbocycles. The second kappa shape index (κ2) is 10.4. The number of aliphatic hydroxyl groups excluding tert-OH is 1. The van der Waals surface area contributed by atoms with Gasteiger partial charge in [-0.2, -0.15) is 0 Å². The summed E-state index contributed by atoms with van der Waals surface area (Å²) < 4.78 is 6.11. The molecule has 4 heteroatoms. The second-order valence-electron chi connectivity index (χ2n) is 7.32. The van der Waals surface area contributed by atoms with Crippen molar-refractivity contribution in [2.24, 2.45) is 0 Å². The predicted molar refractivity (Wildman–Crippen MR) is 121 cm³/mol. The Hall–Kier alpha value is -2.66. The SMILES string of the molecule is CCN(CC)CCOc1ccccc1C(O)(c1ccccc1)C(O)c1ccccc1. The minimum absolute atomic E-state index is 0.505. The van der Waals surface area contributed by atoms with Gasteiger partial charge in [-0.25, -0.2) is 0 Å². The van der Waals surface area contributed by atoms with Gasteiger partial charge in [0, 0.05) is 12.1 Å². The van der Waals surface area contributed by atoms with Gasteiger partial charge in [0.2, 0.25) is 0 Å². The van der Waals surface area contributed by atoms with Crippen LogP contribution in [-0.4, -0.2) is 41.4 Å². The van der Waals surface area contributed by atoms with Gasteiger partial charge in [-0.15, -0.1) is 0 Å². The van der Waals surface area contributed by atoms with Gasteiger partial charge in [-0.05, 0) is 30.3 Å². The van der Waals surface area contributed by atoms with E-state index in [0.717, 1.165) is 19.6 Å². The van der Waals surface area contributed by atoms with Crippen molar-refractivity contribution in [3.8, 4) is 5.75 Å².